The summed E-state index contributed by atoms with van der Waals surface area (Å²) in [4.78, 5) is 0. The van der Waals surface area contributed by atoms with Gasteiger partial charge in [-0.1, -0.05) is 124 Å². The van der Waals surface area contributed by atoms with Crippen molar-refractivity contribution in [1.82, 2.24) is 4.57 Å². The Morgan fingerprint density at radius 3 is 1.76 bits per heavy atom. The maximum atomic E-state index is 15.0. The fourth-order valence-corrected chi connectivity index (χ4v) is 8.61. The molecule has 2 aromatic heterocycles. The lowest BCUT2D eigenvalue weighted by Gasteiger charge is -2.27. The number of halogens is 2. The predicted molar refractivity (Wildman–Crippen MR) is 238 cm³/mol. The molecule has 0 saturated heterocycles. The molecule has 0 amide bonds. The molecule has 8 rings (SSSR count). The van der Waals surface area contributed by atoms with Crippen molar-refractivity contribution in [2.75, 3.05) is 0 Å². The van der Waals surface area contributed by atoms with Gasteiger partial charge >= 0.3 is 0 Å². The van der Waals surface area contributed by atoms with E-state index in [1.165, 1.54) is 57.3 Å². The first-order valence-electron chi connectivity index (χ1n) is 20.6. The van der Waals surface area contributed by atoms with Gasteiger partial charge in [-0.2, -0.15) is 4.57 Å². The molecule has 0 spiro atoms. The summed E-state index contributed by atoms with van der Waals surface area (Å²) in [6.45, 7) is 25.1. The SMILES string of the molecule is Cc1ccc2c(oc3cc(-c4c(F)cccc4F)ccc32)c1-c1n(-c2c(C(C)C)cc(-c3cc(C(C)(C)C)cc(C(C)(C)C)c3)cc2C(C)C)c2ccccc2[n+]1C. The van der Waals surface area contributed by atoms with Crippen LogP contribution in [0.5, 0.6) is 0 Å². The van der Waals surface area contributed by atoms with E-state index in [2.05, 4.69) is 159 Å². The molecule has 5 heteroatoms. The van der Waals surface area contributed by atoms with E-state index in [1.54, 1.807) is 12.1 Å². The van der Waals surface area contributed by atoms with Crippen LogP contribution in [0.15, 0.2) is 108 Å². The van der Waals surface area contributed by atoms with Gasteiger partial charge in [-0.15, -0.1) is 0 Å². The summed E-state index contributed by atoms with van der Waals surface area (Å²) in [7, 11) is 2.14. The number of hydrogen-bond acceptors (Lipinski definition) is 1. The summed E-state index contributed by atoms with van der Waals surface area (Å²) in [5, 5.41) is 1.84. The third-order valence-electron chi connectivity index (χ3n) is 12.0. The summed E-state index contributed by atoms with van der Waals surface area (Å²) < 4.78 is 41.6. The molecule has 2 heterocycles. The van der Waals surface area contributed by atoms with Gasteiger partial charge in [-0.25, -0.2) is 13.3 Å². The lowest BCUT2D eigenvalue weighted by molar-refractivity contribution is -0.633. The number of aromatic nitrogens is 2. The van der Waals surface area contributed by atoms with E-state index in [0.29, 0.717) is 11.1 Å². The van der Waals surface area contributed by atoms with Crippen LogP contribution in [0, 0.1) is 18.6 Å². The Morgan fingerprint density at radius 2 is 1.17 bits per heavy atom. The number of para-hydroxylation sites is 2. The molecule has 0 atom stereocenters. The van der Waals surface area contributed by atoms with Crippen LogP contribution in [-0.4, -0.2) is 4.57 Å². The second-order valence-corrected chi connectivity index (χ2v) is 18.9. The Bertz CT molecular complexity index is 2830. The minimum Gasteiger partial charge on any atom is -0.455 e. The van der Waals surface area contributed by atoms with Gasteiger partial charge in [0.15, 0.2) is 16.6 Å². The van der Waals surface area contributed by atoms with Crippen molar-refractivity contribution in [2.24, 2.45) is 7.05 Å². The lowest BCUT2D eigenvalue weighted by atomic mass is 9.78. The topological polar surface area (TPSA) is 21.9 Å². The van der Waals surface area contributed by atoms with E-state index in [-0.39, 0.29) is 28.2 Å². The summed E-state index contributed by atoms with van der Waals surface area (Å²) in [6, 6.07) is 34.3. The average molecular weight is 774 g/mol. The zero-order valence-electron chi connectivity index (χ0n) is 36.0. The molecule has 0 N–H and O–H groups in total. The molecule has 0 bridgehead atoms. The lowest BCUT2D eigenvalue weighted by Crippen LogP contribution is -2.30. The zero-order valence-corrected chi connectivity index (χ0v) is 36.0. The highest BCUT2D eigenvalue weighted by Gasteiger charge is 2.34. The van der Waals surface area contributed by atoms with Crippen LogP contribution in [-0.2, 0) is 17.9 Å². The van der Waals surface area contributed by atoms with Crippen molar-refractivity contribution in [1.29, 1.82) is 0 Å². The van der Waals surface area contributed by atoms with Gasteiger partial charge in [0.2, 0.25) is 0 Å². The first-order chi connectivity index (χ1) is 27.3. The van der Waals surface area contributed by atoms with Crippen molar-refractivity contribution >= 4 is 33.0 Å². The molecule has 296 valence electrons. The number of hydrogen-bond donors (Lipinski definition) is 0. The van der Waals surface area contributed by atoms with E-state index in [4.69, 9.17) is 4.42 Å². The summed E-state index contributed by atoms with van der Waals surface area (Å²) in [5.41, 5.74) is 14.8. The largest absolute Gasteiger partial charge is 0.455 e. The van der Waals surface area contributed by atoms with Gasteiger partial charge in [-0.05, 0) is 112 Å². The summed E-state index contributed by atoms with van der Waals surface area (Å²) in [6.07, 6.45) is 0. The van der Waals surface area contributed by atoms with E-state index in [0.717, 1.165) is 44.3 Å². The number of furan rings is 1. The quantitative estimate of drug-likeness (QED) is 0.154. The molecule has 0 saturated carbocycles. The van der Waals surface area contributed by atoms with Crippen LogP contribution in [0.25, 0.3) is 72.3 Å². The highest BCUT2D eigenvalue weighted by atomic mass is 19.1. The van der Waals surface area contributed by atoms with Gasteiger partial charge in [-0.3, -0.25) is 0 Å². The highest BCUT2D eigenvalue weighted by Crippen LogP contribution is 2.44. The monoisotopic (exact) mass is 773 g/mol. The molecule has 0 aliphatic rings. The van der Waals surface area contributed by atoms with Crippen LogP contribution in [0.4, 0.5) is 8.78 Å². The predicted octanol–water partition coefficient (Wildman–Crippen LogP) is 14.8. The number of fused-ring (bicyclic) bond motifs is 4. The second-order valence-electron chi connectivity index (χ2n) is 18.9. The number of benzene rings is 6. The molecule has 3 nitrogen and oxygen atoms in total. The van der Waals surface area contributed by atoms with Gasteiger partial charge in [0, 0.05) is 21.9 Å². The molecule has 0 fully saturated rings. The third kappa shape index (κ3) is 6.53. The first kappa shape index (κ1) is 39.3. The Kier molecular flexibility index (Phi) is 9.53. The number of rotatable bonds is 6. The molecular weight excluding hydrogens is 719 g/mol. The Labute approximate surface area is 342 Å². The highest BCUT2D eigenvalue weighted by molar-refractivity contribution is 6.10. The third-order valence-corrected chi connectivity index (χ3v) is 12.0. The van der Waals surface area contributed by atoms with E-state index in [1.807, 2.05) is 6.07 Å². The molecule has 6 aromatic carbocycles. The fourth-order valence-electron chi connectivity index (χ4n) is 8.61. The minimum absolute atomic E-state index is 0.00353. The fraction of sp³-hybridized carbons (Fsp3) is 0.302. The molecule has 8 aromatic rings. The van der Waals surface area contributed by atoms with Crippen LogP contribution in [0.2, 0.25) is 0 Å². The molecule has 0 aliphatic carbocycles. The Morgan fingerprint density at radius 1 is 0.603 bits per heavy atom. The Hall–Kier alpha value is -5.55. The van der Waals surface area contributed by atoms with Gasteiger partial charge < -0.3 is 4.42 Å². The van der Waals surface area contributed by atoms with Crippen LogP contribution in [0.3, 0.4) is 0 Å². The van der Waals surface area contributed by atoms with Crippen molar-refractivity contribution in [3.05, 3.63) is 143 Å². The maximum absolute atomic E-state index is 15.0. The van der Waals surface area contributed by atoms with Gasteiger partial charge in [0.1, 0.15) is 28.5 Å². The normalized spacial score (nSPS) is 12.6. The zero-order chi connectivity index (χ0) is 41.6. The minimum atomic E-state index is -0.604. The van der Waals surface area contributed by atoms with Crippen molar-refractivity contribution in [3.8, 4) is 39.3 Å². The smallest absolute Gasteiger partial charge is 0.299 e. The summed E-state index contributed by atoms with van der Waals surface area (Å²) >= 11 is 0. The van der Waals surface area contributed by atoms with E-state index >= 15 is 0 Å². The van der Waals surface area contributed by atoms with Crippen LogP contribution >= 0.6 is 0 Å². The number of imidazole rings is 1. The van der Waals surface area contributed by atoms with Gasteiger partial charge in [0.05, 0.1) is 12.6 Å². The van der Waals surface area contributed by atoms with Gasteiger partial charge in [0.25, 0.3) is 5.82 Å². The van der Waals surface area contributed by atoms with Crippen LogP contribution in [0.1, 0.15) is 109 Å². The number of aryl methyl sites for hydroxylation is 2. The van der Waals surface area contributed by atoms with Crippen LogP contribution < -0.4 is 4.57 Å². The van der Waals surface area contributed by atoms with E-state index < -0.39 is 11.6 Å². The average Bonchev–Trinajstić information content (AvgIpc) is 3.67. The van der Waals surface area contributed by atoms with E-state index in [9.17, 15) is 8.78 Å². The second kappa shape index (κ2) is 14.1. The first-order valence-corrected chi connectivity index (χ1v) is 20.6. The molecule has 0 aliphatic heterocycles. The molecule has 58 heavy (non-hydrogen) atoms. The Balaban J connectivity index is 1.44. The van der Waals surface area contributed by atoms with Crippen molar-refractivity contribution in [3.63, 3.8) is 0 Å². The molecular formula is C53H55F2N2O+. The molecule has 0 unspecified atom stereocenters. The summed E-state index contributed by atoms with van der Waals surface area (Å²) in [5.74, 6) is 0.214. The van der Waals surface area contributed by atoms with Crippen molar-refractivity contribution in [2.45, 2.75) is 98.8 Å². The number of nitrogens with zero attached hydrogens (tertiary/aromatic N) is 2. The molecule has 0 radical (unpaired) electrons. The maximum Gasteiger partial charge on any atom is 0.299 e. The standard InChI is InChI=1S/C53H55F2N2O/c1-30(2)40-26-35(34-24-36(52(6,7)8)29-37(25-34)53(9,10)11)27-41(31(3)4)49(40)57-45-19-14-13-18-44(45)56(12)51(57)47-32(5)20-22-39-38-23-21-33(28-46(38)58-50(39)47)48-42(54)16-15-17-43(48)55/h13-31H,1-12H3/q+1. The van der Waals surface area contributed by atoms with Crippen molar-refractivity contribution < 1.29 is 17.8 Å².